The van der Waals surface area contributed by atoms with E-state index < -0.39 is 11.8 Å². The zero-order valence-electron chi connectivity index (χ0n) is 14.9. The molecule has 1 atom stereocenters. The van der Waals surface area contributed by atoms with E-state index in [1.165, 1.54) is 25.3 Å². The maximum atomic E-state index is 14.0. The molecular weight excluding hydrogens is 333 g/mol. The number of carboxylic acid groups (broad SMARTS) is 1. The van der Waals surface area contributed by atoms with Gasteiger partial charge in [-0.1, -0.05) is 19.9 Å². The quantitative estimate of drug-likeness (QED) is 0.679. The minimum atomic E-state index is -1.03. The van der Waals surface area contributed by atoms with Gasteiger partial charge in [0, 0.05) is 10.9 Å². The van der Waals surface area contributed by atoms with Crippen LogP contribution < -0.4 is 4.74 Å². The lowest BCUT2D eigenvalue weighted by atomic mass is 9.95. The van der Waals surface area contributed by atoms with Crippen molar-refractivity contribution in [1.29, 1.82) is 0 Å². The Hall–Kier alpha value is -2.95. The summed E-state index contributed by atoms with van der Waals surface area (Å²) in [5, 5.41) is 10.2. The van der Waals surface area contributed by atoms with Crippen molar-refractivity contribution in [2.24, 2.45) is 0 Å². The molecule has 1 unspecified atom stereocenters. The van der Waals surface area contributed by atoms with Crippen molar-refractivity contribution in [3.05, 3.63) is 59.4 Å². The molecule has 3 rings (SSSR count). The largest absolute Gasteiger partial charge is 0.494 e. The normalized spacial score (nSPS) is 12.2. The van der Waals surface area contributed by atoms with Crippen molar-refractivity contribution in [2.45, 2.75) is 26.2 Å². The topological polar surface area (TPSA) is 59.4 Å². The minimum Gasteiger partial charge on any atom is -0.494 e. The molecule has 0 aliphatic rings. The molecule has 134 valence electrons. The molecule has 4 nitrogen and oxygen atoms in total. The number of carbonyl (C=O) groups is 1. The molecule has 1 heterocycles. The summed E-state index contributed by atoms with van der Waals surface area (Å²) in [6.07, 6.45) is 0.963. The number of methoxy groups -OCH3 is 1. The van der Waals surface area contributed by atoms with Gasteiger partial charge in [-0.2, -0.15) is 0 Å². The summed E-state index contributed by atoms with van der Waals surface area (Å²) in [4.78, 5) is 16.3. The Morgan fingerprint density at radius 2 is 2.00 bits per heavy atom. The first-order valence-corrected chi connectivity index (χ1v) is 8.46. The average molecular weight is 353 g/mol. The number of rotatable bonds is 5. The Labute approximate surface area is 151 Å². The van der Waals surface area contributed by atoms with E-state index in [0.29, 0.717) is 28.1 Å². The van der Waals surface area contributed by atoms with Crippen LogP contribution >= 0.6 is 0 Å². The van der Waals surface area contributed by atoms with E-state index in [4.69, 9.17) is 4.74 Å². The Morgan fingerprint density at radius 1 is 1.23 bits per heavy atom. The van der Waals surface area contributed by atoms with E-state index in [1.807, 2.05) is 18.2 Å². The van der Waals surface area contributed by atoms with Gasteiger partial charge in [-0.15, -0.1) is 0 Å². The smallest absolute Gasteiger partial charge is 0.336 e. The lowest BCUT2D eigenvalue weighted by molar-refractivity contribution is 0.0699. The Morgan fingerprint density at radius 3 is 2.62 bits per heavy atom. The monoisotopic (exact) mass is 353 g/mol. The maximum Gasteiger partial charge on any atom is 0.336 e. The number of nitrogens with zero attached hydrogens (tertiary/aromatic N) is 1. The zero-order chi connectivity index (χ0) is 18.8. The van der Waals surface area contributed by atoms with Crippen LogP contribution in [0, 0.1) is 5.82 Å². The summed E-state index contributed by atoms with van der Waals surface area (Å²) in [5.74, 6) is -1.09. The molecule has 26 heavy (non-hydrogen) atoms. The number of hydrogen-bond donors (Lipinski definition) is 1. The SMILES string of the molecule is CCC(C)c1ccc2nc(-c3ccc(OC)c(F)c3)cc(C(=O)O)c2c1. The van der Waals surface area contributed by atoms with Gasteiger partial charge in [0.25, 0.3) is 0 Å². The third-order valence-corrected chi connectivity index (χ3v) is 4.69. The zero-order valence-corrected chi connectivity index (χ0v) is 14.9. The Balaban J connectivity index is 2.20. The number of carboxylic acids is 1. The fourth-order valence-corrected chi connectivity index (χ4v) is 2.94. The van der Waals surface area contributed by atoms with Gasteiger partial charge in [-0.3, -0.25) is 0 Å². The van der Waals surface area contributed by atoms with Crippen molar-refractivity contribution in [3.8, 4) is 17.0 Å². The van der Waals surface area contributed by atoms with Crippen molar-refractivity contribution in [2.75, 3.05) is 7.11 Å². The van der Waals surface area contributed by atoms with Crippen LogP contribution in [-0.2, 0) is 0 Å². The number of hydrogen-bond acceptors (Lipinski definition) is 3. The predicted octanol–water partition coefficient (Wildman–Crippen LogP) is 5.26. The molecule has 0 bridgehead atoms. The number of halogens is 1. The Kier molecular flexibility index (Phi) is 4.89. The first kappa shape index (κ1) is 17.9. The highest BCUT2D eigenvalue weighted by Gasteiger charge is 2.16. The van der Waals surface area contributed by atoms with Gasteiger partial charge in [0.05, 0.1) is 23.9 Å². The third-order valence-electron chi connectivity index (χ3n) is 4.69. The number of aromatic carboxylic acids is 1. The molecule has 1 N–H and O–H groups in total. The van der Waals surface area contributed by atoms with E-state index in [0.717, 1.165) is 12.0 Å². The second-order valence-electron chi connectivity index (χ2n) is 6.30. The number of ether oxygens (including phenoxy) is 1. The highest BCUT2D eigenvalue weighted by molar-refractivity contribution is 6.04. The van der Waals surface area contributed by atoms with Crippen LogP contribution in [-0.4, -0.2) is 23.2 Å². The molecule has 0 radical (unpaired) electrons. The van der Waals surface area contributed by atoms with Gasteiger partial charge in [-0.05, 0) is 54.3 Å². The van der Waals surface area contributed by atoms with Crippen LogP contribution in [0.3, 0.4) is 0 Å². The molecule has 2 aromatic carbocycles. The van der Waals surface area contributed by atoms with Crippen LogP contribution in [0.2, 0.25) is 0 Å². The molecule has 0 aliphatic carbocycles. The van der Waals surface area contributed by atoms with Crippen molar-refractivity contribution >= 4 is 16.9 Å². The number of aromatic nitrogens is 1. The molecule has 0 spiro atoms. The predicted molar refractivity (Wildman–Crippen MR) is 99.4 cm³/mol. The minimum absolute atomic E-state index is 0.131. The van der Waals surface area contributed by atoms with Gasteiger partial charge < -0.3 is 9.84 Å². The molecular formula is C21H20FNO3. The standard InChI is InChI=1S/C21H20FNO3/c1-4-12(2)13-5-7-18-15(9-13)16(21(24)25)11-19(23-18)14-6-8-20(26-3)17(22)10-14/h5-12H,4H2,1-3H3,(H,24,25). The van der Waals surface area contributed by atoms with Crippen molar-refractivity contribution in [3.63, 3.8) is 0 Å². The number of fused-ring (bicyclic) bond motifs is 1. The highest BCUT2D eigenvalue weighted by atomic mass is 19.1. The lowest BCUT2D eigenvalue weighted by Gasteiger charge is -2.12. The third kappa shape index (κ3) is 3.25. The molecule has 1 aromatic heterocycles. The maximum absolute atomic E-state index is 14.0. The highest BCUT2D eigenvalue weighted by Crippen LogP contribution is 2.30. The van der Waals surface area contributed by atoms with Crippen LogP contribution in [0.1, 0.15) is 42.1 Å². The van der Waals surface area contributed by atoms with Crippen LogP contribution in [0.5, 0.6) is 5.75 Å². The van der Waals surface area contributed by atoms with E-state index in [9.17, 15) is 14.3 Å². The lowest BCUT2D eigenvalue weighted by Crippen LogP contribution is -2.02. The molecule has 0 aliphatic heterocycles. The summed E-state index contributed by atoms with van der Waals surface area (Å²) in [6.45, 7) is 4.19. The molecule has 0 amide bonds. The van der Waals surface area contributed by atoms with E-state index in [2.05, 4.69) is 18.8 Å². The van der Waals surface area contributed by atoms with E-state index in [-0.39, 0.29) is 11.3 Å². The fourth-order valence-electron chi connectivity index (χ4n) is 2.94. The number of pyridine rings is 1. The van der Waals surface area contributed by atoms with E-state index >= 15 is 0 Å². The summed E-state index contributed by atoms with van der Waals surface area (Å²) in [5.41, 5.74) is 2.72. The first-order chi connectivity index (χ1) is 12.4. The second-order valence-corrected chi connectivity index (χ2v) is 6.30. The first-order valence-electron chi connectivity index (χ1n) is 8.46. The molecule has 0 fully saturated rings. The molecule has 0 saturated heterocycles. The number of benzene rings is 2. The van der Waals surface area contributed by atoms with Crippen LogP contribution in [0.25, 0.3) is 22.2 Å². The molecule has 3 aromatic rings. The summed E-state index contributed by atoms with van der Waals surface area (Å²) >= 11 is 0. The van der Waals surface area contributed by atoms with Crippen molar-refractivity contribution < 1.29 is 19.0 Å². The van der Waals surface area contributed by atoms with Gasteiger partial charge in [0.1, 0.15) is 0 Å². The second kappa shape index (κ2) is 7.12. The van der Waals surface area contributed by atoms with Gasteiger partial charge in [-0.25, -0.2) is 14.2 Å². The fraction of sp³-hybridized carbons (Fsp3) is 0.238. The summed E-state index contributed by atoms with van der Waals surface area (Å²) in [6, 6.07) is 11.6. The van der Waals surface area contributed by atoms with Gasteiger partial charge in [0.2, 0.25) is 0 Å². The molecule has 0 saturated carbocycles. The summed E-state index contributed by atoms with van der Waals surface area (Å²) < 4.78 is 18.9. The molecule has 5 heteroatoms. The average Bonchev–Trinajstić information content (AvgIpc) is 2.65. The van der Waals surface area contributed by atoms with E-state index in [1.54, 1.807) is 6.07 Å². The Bertz CT molecular complexity index is 984. The summed E-state index contributed by atoms with van der Waals surface area (Å²) in [7, 11) is 1.39. The van der Waals surface area contributed by atoms with Gasteiger partial charge >= 0.3 is 5.97 Å². The van der Waals surface area contributed by atoms with Gasteiger partial charge in [0.15, 0.2) is 11.6 Å². The van der Waals surface area contributed by atoms with Crippen molar-refractivity contribution in [1.82, 2.24) is 4.98 Å². The van der Waals surface area contributed by atoms with Crippen LogP contribution in [0.4, 0.5) is 4.39 Å². The van der Waals surface area contributed by atoms with Crippen LogP contribution in [0.15, 0.2) is 42.5 Å².